The van der Waals surface area contributed by atoms with Crippen LogP contribution < -0.4 is 0 Å². The van der Waals surface area contributed by atoms with Crippen molar-refractivity contribution in [3.8, 4) is 0 Å². The maximum absolute atomic E-state index is 11.3. The fraction of sp³-hybridized carbons (Fsp3) is 0.0909. The lowest BCUT2D eigenvalue weighted by Gasteiger charge is -1.97. The van der Waals surface area contributed by atoms with Gasteiger partial charge < -0.3 is 4.74 Å². The highest BCUT2D eigenvalue weighted by atomic mass is 35.5. The summed E-state index contributed by atoms with van der Waals surface area (Å²) in [5.41, 5.74) is 0.939. The number of hydrogen-bond donors (Lipinski definition) is 0. The maximum atomic E-state index is 11.3. The summed E-state index contributed by atoms with van der Waals surface area (Å²) in [4.78, 5) is 15.4. The maximum Gasteiger partial charge on any atom is 0.365 e. The monoisotopic (exact) mass is 221 g/mol. The molecule has 0 amide bonds. The van der Waals surface area contributed by atoms with E-state index < -0.39 is 5.97 Å². The summed E-state index contributed by atoms with van der Waals surface area (Å²) in [7, 11) is 0. The molecule has 1 aliphatic rings. The zero-order valence-corrected chi connectivity index (χ0v) is 8.78. The summed E-state index contributed by atoms with van der Waals surface area (Å²) < 4.78 is 4.99. The van der Waals surface area contributed by atoms with Crippen LogP contribution in [0, 0.1) is 0 Å². The molecule has 0 saturated carbocycles. The van der Waals surface area contributed by atoms with Gasteiger partial charge in [-0.05, 0) is 19.1 Å². The van der Waals surface area contributed by atoms with E-state index >= 15 is 0 Å². The highest BCUT2D eigenvalue weighted by Crippen LogP contribution is 2.20. The molecular weight excluding hydrogens is 214 g/mol. The minimum Gasteiger partial charge on any atom is -0.402 e. The molecular formula is C11H8ClNO2. The SMILES string of the molecule is CC(Cl)=C1N=C(c2ccccc2)OC1=O. The number of carbonyl (C=O) groups is 1. The first-order valence-corrected chi connectivity index (χ1v) is 4.79. The summed E-state index contributed by atoms with van der Waals surface area (Å²) in [6, 6.07) is 9.21. The summed E-state index contributed by atoms with van der Waals surface area (Å²) in [5.74, 6) is -0.197. The number of benzene rings is 1. The Labute approximate surface area is 92.0 Å². The van der Waals surface area contributed by atoms with Gasteiger partial charge in [-0.2, -0.15) is 0 Å². The standard InChI is InChI=1S/C11H8ClNO2/c1-7(12)9-11(14)15-10(13-9)8-5-3-2-4-6-8/h2-6H,1H3. The predicted molar refractivity (Wildman–Crippen MR) is 57.6 cm³/mol. The van der Waals surface area contributed by atoms with Gasteiger partial charge >= 0.3 is 5.97 Å². The number of ether oxygens (including phenoxy) is 1. The number of halogens is 1. The molecule has 15 heavy (non-hydrogen) atoms. The predicted octanol–water partition coefficient (Wildman–Crippen LogP) is 2.46. The minimum atomic E-state index is -0.499. The molecule has 0 fully saturated rings. The number of cyclic esters (lactones) is 1. The molecule has 2 rings (SSSR count). The van der Waals surface area contributed by atoms with Gasteiger partial charge in [0.1, 0.15) is 0 Å². The third-order valence-corrected chi connectivity index (χ3v) is 2.12. The van der Waals surface area contributed by atoms with E-state index in [0.717, 1.165) is 5.56 Å². The normalized spacial score (nSPS) is 18.5. The average Bonchev–Trinajstić information content (AvgIpc) is 2.62. The molecule has 0 atom stereocenters. The van der Waals surface area contributed by atoms with Crippen molar-refractivity contribution in [2.45, 2.75) is 6.92 Å². The fourth-order valence-corrected chi connectivity index (χ4v) is 1.35. The Bertz CT molecular complexity index is 459. The second-order valence-corrected chi connectivity index (χ2v) is 3.62. The van der Waals surface area contributed by atoms with Crippen LogP contribution in [0.4, 0.5) is 0 Å². The molecule has 1 aromatic carbocycles. The Morgan fingerprint density at radius 1 is 1.33 bits per heavy atom. The number of aliphatic imine (C=N–C) groups is 1. The van der Waals surface area contributed by atoms with Gasteiger partial charge in [0, 0.05) is 10.6 Å². The number of nitrogens with zero attached hydrogens (tertiary/aromatic N) is 1. The van der Waals surface area contributed by atoms with Crippen molar-refractivity contribution in [3.05, 3.63) is 46.6 Å². The molecule has 0 aliphatic carbocycles. The first-order chi connectivity index (χ1) is 7.18. The molecule has 0 N–H and O–H groups in total. The molecule has 0 unspecified atom stereocenters. The Balaban J connectivity index is 2.40. The zero-order chi connectivity index (χ0) is 10.8. The smallest absolute Gasteiger partial charge is 0.365 e. The zero-order valence-electron chi connectivity index (χ0n) is 8.03. The van der Waals surface area contributed by atoms with Crippen LogP contribution in [0.15, 0.2) is 46.1 Å². The lowest BCUT2D eigenvalue weighted by molar-refractivity contribution is -0.130. The quantitative estimate of drug-likeness (QED) is 0.540. The third-order valence-electron chi connectivity index (χ3n) is 1.94. The van der Waals surface area contributed by atoms with Gasteiger partial charge in [-0.1, -0.05) is 29.8 Å². The second-order valence-electron chi connectivity index (χ2n) is 3.05. The Morgan fingerprint density at radius 2 is 2.00 bits per heavy atom. The van der Waals surface area contributed by atoms with Crippen LogP contribution in [0.2, 0.25) is 0 Å². The number of allylic oxidation sites excluding steroid dienone is 1. The molecule has 3 nitrogen and oxygen atoms in total. The van der Waals surface area contributed by atoms with Gasteiger partial charge in [-0.15, -0.1) is 0 Å². The molecule has 0 spiro atoms. The Kier molecular flexibility index (Phi) is 2.56. The van der Waals surface area contributed by atoms with Gasteiger partial charge in [0.2, 0.25) is 5.90 Å². The lowest BCUT2D eigenvalue weighted by Crippen LogP contribution is -2.05. The number of esters is 1. The summed E-state index contributed by atoms with van der Waals surface area (Å²) >= 11 is 5.70. The third kappa shape index (κ3) is 1.92. The van der Waals surface area contributed by atoms with Crippen molar-refractivity contribution in [1.82, 2.24) is 0 Å². The highest BCUT2D eigenvalue weighted by Gasteiger charge is 2.25. The van der Waals surface area contributed by atoms with Crippen LogP contribution in [0.1, 0.15) is 12.5 Å². The van der Waals surface area contributed by atoms with Gasteiger partial charge in [-0.3, -0.25) is 0 Å². The molecule has 1 aliphatic heterocycles. The van der Waals surface area contributed by atoms with Crippen LogP contribution in [0.5, 0.6) is 0 Å². The molecule has 76 valence electrons. The minimum absolute atomic E-state index is 0.176. The van der Waals surface area contributed by atoms with Crippen molar-refractivity contribution in [2.24, 2.45) is 4.99 Å². The average molecular weight is 222 g/mol. The number of hydrogen-bond acceptors (Lipinski definition) is 3. The second kappa shape index (κ2) is 3.87. The van der Waals surface area contributed by atoms with Gasteiger partial charge in [0.25, 0.3) is 0 Å². The van der Waals surface area contributed by atoms with E-state index in [0.29, 0.717) is 10.9 Å². The number of carbonyl (C=O) groups excluding carboxylic acids is 1. The van der Waals surface area contributed by atoms with E-state index in [4.69, 9.17) is 16.3 Å². The van der Waals surface area contributed by atoms with E-state index in [1.54, 1.807) is 6.92 Å². The van der Waals surface area contributed by atoms with Crippen molar-refractivity contribution < 1.29 is 9.53 Å². The molecule has 0 bridgehead atoms. The van der Waals surface area contributed by atoms with Crippen molar-refractivity contribution >= 4 is 23.5 Å². The van der Waals surface area contributed by atoms with Crippen molar-refractivity contribution in [1.29, 1.82) is 0 Å². The lowest BCUT2D eigenvalue weighted by atomic mass is 10.2. The largest absolute Gasteiger partial charge is 0.402 e. The molecule has 1 heterocycles. The van der Waals surface area contributed by atoms with E-state index in [-0.39, 0.29) is 5.70 Å². The van der Waals surface area contributed by atoms with Gasteiger partial charge in [0.05, 0.1) is 0 Å². The first kappa shape index (κ1) is 9.93. The van der Waals surface area contributed by atoms with Crippen LogP contribution >= 0.6 is 11.6 Å². The van der Waals surface area contributed by atoms with Crippen molar-refractivity contribution in [3.63, 3.8) is 0 Å². The van der Waals surface area contributed by atoms with Crippen LogP contribution in [-0.4, -0.2) is 11.9 Å². The topological polar surface area (TPSA) is 38.7 Å². The molecule has 4 heteroatoms. The van der Waals surface area contributed by atoms with Crippen LogP contribution in [0.25, 0.3) is 0 Å². The van der Waals surface area contributed by atoms with Gasteiger partial charge in [-0.25, -0.2) is 9.79 Å². The van der Waals surface area contributed by atoms with Crippen molar-refractivity contribution in [2.75, 3.05) is 0 Å². The Hall–Kier alpha value is -1.61. The molecule has 0 saturated heterocycles. The highest BCUT2D eigenvalue weighted by molar-refractivity contribution is 6.32. The Morgan fingerprint density at radius 3 is 2.53 bits per heavy atom. The molecule has 0 aromatic heterocycles. The van der Waals surface area contributed by atoms with Crippen LogP contribution in [-0.2, 0) is 9.53 Å². The van der Waals surface area contributed by atoms with E-state index in [2.05, 4.69) is 4.99 Å². The number of rotatable bonds is 1. The summed E-state index contributed by atoms with van der Waals surface area (Å²) in [6.45, 7) is 1.61. The summed E-state index contributed by atoms with van der Waals surface area (Å²) in [6.07, 6.45) is 0. The summed E-state index contributed by atoms with van der Waals surface area (Å²) in [5, 5.41) is 0.339. The van der Waals surface area contributed by atoms with E-state index in [9.17, 15) is 4.79 Å². The first-order valence-electron chi connectivity index (χ1n) is 4.41. The fourth-order valence-electron chi connectivity index (χ4n) is 1.23. The van der Waals surface area contributed by atoms with Gasteiger partial charge in [0.15, 0.2) is 5.70 Å². The van der Waals surface area contributed by atoms with E-state index in [1.165, 1.54) is 0 Å². The van der Waals surface area contributed by atoms with E-state index in [1.807, 2.05) is 30.3 Å². The molecule has 1 aromatic rings. The molecule has 0 radical (unpaired) electrons. The van der Waals surface area contributed by atoms with Crippen LogP contribution in [0.3, 0.4) is 0 Å².